The van der Waals surface area contributed by atoms with Crippen LogP contribution in [0.25, 0.3) is 11.1 Å². The molecule has 0 aliphatic heterocycles. The summed E-state index contributed by atoms with van der Waals surface area (Å²) in [5.41, 5.74) is 3.43. The fourth-order valence-electron chi connectivity index (χ4n) is 3.20. The van der Waals surface area contributed by atoms with Crippen molar-refractivity contribution in [3.63, 3.8) is 0 Å². The molecule has 0 radical (unpaired) electrons. The highest BCUT2D eigenvalue weighted by Crippen LogP contribution is 2.20. The van der Waals surface area contributed by atoms with E-state index in [1.807, 2.05) is 30.3 Å². The highest BCUT2D eigenvalue weighted by atomic mass is 16.6. The van der Waals surface area contributed by atoms with Gasteiger partial charge in [0.25, 0.3) is 0 Å². The average Bonchev–Trinajstić information content (AvgIpc) is 2.78. The van der Waals surface area contributed by atoms with Gasteiger partial charge in [-0.2, -0.15) is 0 Å². The molecule has 0 fully saturated rings. The maximum absolute atomic E-state index is 11.9. The van der Waals surface area contributed by atoms with Crippen LogP contribution in [-0.4, -0.2) is 28.8 Å². The van der Waals surface area contributed by atoms with E-state index in [2.05, 4.69) is 29.6 Å². The number of benzene rings is 3. The zero-order valence-corrected chi connectivity index (χ0v) is 19.1. The number of rotatable bonds is 8. The highest BCUT2D eigenvalue weighted by Gasteiger charge is 2.24. The Balaban J connectivity index is 1.54. The lowest BCUT2D eigenvalue weighted by Crippen LogP contribution is -2.44. The first-order valence-corrected chi connectivity index (χ1v) is 10.8. The van der Waals surface area contributed by atoms with E-state index in [4.69, 9.17) is 9.47 Å². The quantitative estimate of drug-likeness (QED) is 0.479. The largest absolute Gasteiger partial charge is 0.489 e. The van der Waals surface area contributed by atoms with Crippen LogP contribution in [0.3, 0.4) is 0 Å². The third-order valence-corrected chi connectivity index (χ3v) is 4.82. The minimum atomic E-state index is -1.12. The van der Waals surface area contributed by atoms with Gasteiger partial charge in [0.05, 0.1) is 0 Å². The maximum Gasteiger partial charge on any atom is 0.408 e. The van der Waals surface area contributed by atoms with Crippen molar-refractivity contribution in [1.29, 1.82) is 0 Å². The molecule has 0 heterocycles. The van der Waals surface area contributed by atoms with E-state index in [0.29, 0.717) is 12.4 Å². The van der Waals surface area contributed by atoms with Gasteiger partial charge in [0.15, 0.2) is 0 Å². The predicted molar refractivity (Wildman–Crippen MR) is 127 cm³/mol. The fourth-order valence-corrected chi connectivity index (χ4v) is 3.20. The zero-order valence-electron chi connectivity index (χ0n) is 19.1. The molecular formula is C27H29NO5. The normalized spacial score (nSPS) is 12.0. The van der Waals surface area contributed by atoms with Gasteiger partial charge < -0.3 is 19.9 Å². The first kappa shape index (κ1) is 23.9. The van der Waals surface area contributed by atoms with Crippen LogP contribution in [0, 0.1) is 0 Å². The van der Waals surface area contributed by atoms with Crippen LogP contribution in [0.5, 0.6) is 5.75 Å². The lowest BCUT2D eigenvalue weighted by molar-refractivity contribution is -0.139. The van der Waals surface area contributed by atoms with Crippen LogP contribution in [0.2, 0.25) is 0 Å². The smallest absolute Gasteiger partial charge is 0.408 e. The summed E-state index contributed by atoms with van der Waals surface area (Å²) in [6.45, 7) is 5.59. The number of hydrogen-bond donors (Lipinski definition) is 2. The SMILES string of the molecule is CC(C)(C)OC(=O)NC(Cc1ccc(OCc2ccc(-c3ccccc3)cc2)cc1)C(=O)O. The molecule has 6 nitrogen and oxygen atoms in total. The Morgan fingerprint density at radius 3 is 2.00 bits per heavy atom. The lowest BCUT2D eigenvalue weighted by atomic mass is 10.0. The maximum atomic E-state index is 11.9. The summed E-state index contributed by atoms with van der Waals surface area (Å²) < 4.78 is 11.0. The number of alkyl carbamates (subject to hydrolysis) is 1. The molecule has 3 rings (SSSR count). The summed E-state index contributed by atoms with van der Waals surface area (Å²) >= 11 is 0. The summed E-state index contributed by atoms with van der Waals surface area (Å²) in [4.78, 5) is 23.5. The van der Waals surface area contributed by atoms with E-state index < -0.39 is 23.7 Å². The minimum absolute atomic E-state index is 0.135. The number of carboxylic acids is 1. The topological polar surface area (TPSA) is 84.9 Å². The molecule has 3 aromatic rings. The van der Waals surface area contributed by atoms with E-state index in [0.717, 1.165) is 16.7 Å². The Hall–Kier alpha value is -3.80. The molecule has 0 bridgehead atoms. The standard InChI is InChI=1S/C27H29NO5/c1-27(2,3)33-26(31)28-24(25(29)30)17-19-11-15-23(16-12-19)32-18-20-9-13-22(14-10-20)21-7-5-4-6-8-21/h4-16,24H,17-18H2,1-3H3,(H,28,31)(H,29,30). The molecule has 0 saturated carbocycles. The van der Waals surface area contributed by atoms with Crippen LogP contribution in [0.4, 0.5) is 4.79 Å². The molecule has 2 N–H and O–H groups in total. The Labute approximate surface area is 194 Å². The molecule has 0 saturated heterocycles. The van der Waals surface area contributed by atoms with Gasteiger partial charge in [0, 0.05) is 6.42 Å². The van der Waals surface area contributed by atoms with Crippen molar-refractivity contribution >= 4 is 12.1 Å². The van der Waals surface area contributed by atoms with Crippen molar-refractivity contribution in [2.45, 2.75) is 45.4 Å². The molecule has 33 heavy (non-hydrogen) atoms. The number of carbonyl (C=O) groups is 2. The second-order valence-electron chi connectivity index (χ2n) is 8.74. The van der Waals surface area contributed by atoms with Crippen molar-refractivity contribution < 1.29 is 24.2 Å². The van der Waals surface area contributed by atoms with Crippen LogP contribution in [0.1, 0.15) is 31.9 Å². The van der Waals surface area contributed by atoms with Gasteiger partial charge in [-0.3, -0.25) is 0 Å². The molecular weight excluding hydrogens is 418 g/mol. The van der Waals surface area contributed by atoms with Gasteiger partial charge in [-0.15, -0.1) is 0 Å². The molecule has 0 aliphatic carbocycles. The summed E-state index contributed by atoms with van der Waals surface area (Å²) in [6.07, 6.45) is -0.622. The molecule has 0 aromatic heterocycles. The number of carbonyl (C=O) groups excluding carboxylic acids is 1. The monoisotopic (exact) mass is 447 g/mol. The highest BCUT2D eigenvalue weighted by molar-refractivity contribution is 5.80. The van der Waals surface area contributed by atoms with Gasteiger partial charge in [0.2, 0.25) is 0 Å². The molecule has 6 heteroatoms. The van der Waals surface area contributed by atoms with Gasteiger partial charge in [-0.05, 0) is 55.2 Å². The minimum Gasteiger partial charge on any atom is -0.489 e. The first-order chi connectivity index (χ1) is 15.7. The van der Waals surface area contributed by atoms with E-state index in [1.54, 1.807) is 45.0 Å². The number of ether oxygens (including phenoxy) is 2. The van der Waals surface area contributed by atoms with Crippen LogP contribution >= 0.6 is 0 Å². The van der Waals surface area contributed by atoms with Crippen LogP contribution < -0.4 is 10.1 Å². The Morgan fingerprint density at radius 2 is 1.42 bits per heavy atom. The number of carboxylic acid groups (broad SMARTS) is 1. The van der Waals surface area contributed by atoms with Gasteiger partial charge >= 0.3 is 12.1 Å². The molecule has 1 amide bonds. The molecule has 172 valence electrons. The number of aliphatic carboxylic acids is 1. The second-order valence-corrected chi connectivity index (χ2v) is 8.74. The zero-order chi connectivity index (χ0) is 23.8. The predicted octanol–water partition coefficient (Wildman–Crippen LogP) is 5.45. The lowest BCUT2D eigenvalue weighted by Gasteiger charge is -2.22. The third-order valence-electron chi connectivity index (χ3n) is 4.82. The van der Waals surface area contributed by atoms with E-state index in [-0.39, 0.29) is 6.42 Å². The van der Waals surface area contributed by atoms with Crippen molar-refractivity contribution in [2.75, 3.05) is 0 Å². The van der Waals surface area contributed by atoms with Crippen molar-refractivity contribution in [3.8, 4) is 16.9 Å². The van der Waals surface area contributed by atoms with Crippen molar-refractivity contribution in [2.24, 2.45) is 0 Å². The molecule has 0 aliphatic rings. The second kappa shape index (κ2) is 10.7. The van der Waals surface area contributed by atoms with Crippen LogP contribution in [0.15, 0.2) is 78.9 Å². The Kier molecular flexibility index (Phi) is 7.72. The third kappa shape index (κ3) is 7.68. The van der Waals surface area contributed by atoms with E-state index >= 15 is 0 Å². The van der Waals surface area contributed by atoms with Crippen molar-refractivity contribution in [1.82, 2.24) is 5.32 Å². The fraction of sp³-hybridized carbons (Fsp3) is 0.259. The summed E-state index contributed by atoms with van der Waals surface area (Å²) in [5.74, 6) is -0.446. The molecule has 3 aromatic carbocycles. The number of hydrogen-bond acceptors (Lipinski definition) is 4. The van der Waals surface area contributed by atoms with E-state index in [9.17, 15) is 14.7 Å². The van der Waals surface area contributed by atoms with Gasteiger partial charge in [-0.1, -0.05) is 66.7 Å². The molecule has 1 unspecified atom stereocenters. The Bertz CT molecular complexity index is 1050. The van der Waals surface area contributed by atoms with Gasteiger partial charge in [0.1, 0.15) is 24.0 Å². The number of nitrogens with one attached hydrogen (secondary N) is 1. The first-order valence-electron chi connectivity index (χ1n) is 10.8. The van der Waals surface area contributed by atoms with Crippen molar-refractivity contribution in [3.05, 3.63) is 90.0 Å². The van der Waals surface area contributed by atoms with E-state index in [1.165, 1.54) is 5.56 Å². The van der Waals surface area contributed by atoms with Gasteiger partial charge in [-0.25, -0.2) is 9.59 Å². The summed E-state index contributed by atoms with van der Waals surface area (Å²) in [7, 11) is 0. The summed E-state index contributed by atoms with van der Waals surface area (Å²) in [5, 5.41) is 11.9. The molecule has 1 atom stereocenters. The Morgan fingerprint density at radius 1 is 0.848 bits per heavy atom. The number of amides is 1. The summed E-state index contributed by atoms with van der Waals surface area (Å²) in [6, 6.07) is 24.5. The molecule has 0 spiro atoms. The van der Waals surface area contributed by atoms with Crippen LogP contribution in [-0.2, 0) is 22.6 Å². The average molecular weight is 448 g/mol.